The standard InChI is InChI=1S/C20H17N3O2/c24-19(13-9-10-13)22-14-4-1-5-15(12-14)23-20(25)17-6-2-8-18-16(17)7-3-11-21-18/h1-8,11-13H,9-10H2,(H,22,24)(H,23,25). The van der Waals surface area contributed by atoms with Crippen LogP contribution in [0.3, 0.4) is 0 Å². The van der Waals surface area contributed by atoms with Crippen LogP contribution >= 0.6 is 0 Å². The van der Waals surface area contributed by atoms with Gasteiger partial charge in [0.05, 0.1) is 5.52 Å². The van der Waals surface area contributed by atoms with E-state index in [-0.39, 0.29) is 17.7 Å². The molecule has 0 atom stereocenters. The van der Waals surface area contributed by atoms with Crippen LogP contribution in [0.5, 0.6) is 0 Å². The van der Waals surface area contributed by atoms with Crippen LogP contribution in [0.15, 0.2) is 60.8 Å². The summed E-state index contributed by atoms with van der Waals surface area (Å²) in [6, 6.07) is 16.3. The van der Waals surface area contributed by atoms with E-state index in [0.717, 1.165) is 23.7 Å². The molecule has 5 nitrogen and oxygen atoms in total. The van der Waals surface area contributed by atoms with Gasteiger partial charge in [-0.15, -0.1) is 0 Å². The molecule has 124 valence electrons. The molecule has 1 aliphatic rings. The summed E-state index contributed by atoms with van der Waals surface area (Å²) in [6.07, 6.45) is 3.62. The second kappa shape index (κ2) is 6.36. The minimum absolute atomic E-state index is 0.0450. The maximum atomic E-state index is 12.7. The van der Waals surface area contributed by atoms with Crippen LogP contribution in [-0.2, 0) is 4.79 Å². The topological polar surface area (TPSA) is 71.1 Å². The highest BCUT2D eigenvalue weighted by atomic mass is 16.2. The van der Waals surface area contributed by atoms with Gasteiger partial charge in [-0.3, -0.25) is 14.6 Å². The zero-order valence-corrected chi connectivity index (χ0v) is 13.5. The fourth-order valence-electron chi connectivity index (χ4n) is 2.76. The van der Waals surface area contributed by atoms with Crippen molar-refractivity contribution in [1.82, 2.24) is 4.98 Å². The van der Waals surface area contributed by atoms with Gasteiger partial charge in [-0.1, -0.05) is 18.2 Å². The van der Waals surface area contributed by atoms with E-state index in [4.69, 9.17) is 0 Å². The third-order valence-corrected chi connectivity index (χ3v) is 4.23. The first kappa shape index (κ1) is 15.3. The maximum absolute atomic E-state index is 12.7. The van der Waals surface area contributed by atoms with Gasteiger partial charge in [0.15, 0.2) is 0 Å². The van der Waals surface area contributed by atoms with Gasteiger partial charge in [0.25, 0.3) is 5.91 Å². The van der Waals surface area contributed by atoms with Gasteiger partial charge in [0.2, 0.25) is 5.91 Å². The van der Waals surface area contributed by atoms with Gasteiger partial charge in [-0.25, -0.2) is 0 Å². The molecule has 0 saturated heterocycles. The number of hydrogen-bond acceptors (Lipinski definition) is 3. The number of fused-ring (bicyclic) bond motifs is 1. The lowest BCUT2D eigenvalue weighted by atomic mass is 10.1. The highest BCUT2D eigenvalue weighted by Crippen LogP contribution is 2.30. The number of aromatic nitrogens is 1. The van der Waals surface area contributed by atoms with Crippen molar-refractivity contribution in [2.45, 2.75) is 12.8 Å². The lowest BCUT2D eigenvalue weighted by molar-refractivity contribution is -0.117. The van der Waals surface area contributed by atoms with Crippen molar-refractivity contribution in [1.29, 1.82) is 0 Å². The molecule has 1 aliphatic carbocycles. The maximum Gasteiger partial charge on any atom is 0.256 e. The Labute approximate surface area is 145 Å². The molecule has 2 aromatic carbocycles. The summed E-state index contributed by atoms with van der Waals surface area (Å²) in [6.45, 7) is 0. The number of amides is 2. The van der Waals surface area contributed by atoms with Crippen molar-refractivity contribution in [3.8, 4) is 0 Å². The van der Waals surface area contributed by atoms with E-state index >= 15 is 0 Å². The van der Waals surface area contributed by atoms with Gasteiger partial charge in [0, 0.05) is 34.4 Å². The summed E-state index contributed by atoms with van der Waals surface area (Å²) in [5.41, 5.74) is 2.67. The number of nitrogens with zero attached hydrogens (tertiary/aromatic N) is 1. The van der Waals surface area contributed by atoms with E-state index in [2.05, 4.69) is 15.6 Å². The molecular weight excluding hydrogens is 314 g/mol. The van der Waals surface area contributed by atoms with E-state index in [0.29, 0.717) is 16.9 Å². The van der Waals surface area contributed by atoms with Crippen LogP contribution in [0.25, 0.3) is 10.9 Å². The number of rotatable bonds is 4. The number of hydrogen-bond donors (Lipinski definition) is 2. The molecule has 3 aromatic rings. The Hall–Kier alpha value is -3.21. The van der Waals surface area contributed by atoms with Gasteiger partial charge in [0.1, 0.15) is 0 Å². The minimum Gasteiger partial charge on any atom is -0.326 e. The zero-order valence-electron chi connectivity index (χ0n) is 13.5. The Bertz CT molecular complexity index is 959. The predicted molar refractivity (Wildman–Crippen MR) is 97.5 cm³/mol. The van der Waals surface area contributed by atoms with Crippen LogP contribution in [-0.4, -0.2) is 16.8 Å². The summed E-state index contributed by atoms with van der Waals surface area (Å²) < 4.78 is 0. The molecular formula is C20H17N3O2. The Kier molecular flexibility index (Phi) is 3.90. The summed E-state index contributed by atoms with van der Waals surface area (Å²) in [7, 11) is 0. The van der Waals surface area contributed by atoms with Gasteiger partial charge >= 0.3 is 0 Å². The molecule has 2 amide bonds. The number of carbonyl (C=O) groups is 2. The van der Waals surface area contributed by atoms with Crippen LogP contribution < -0.4 is 10.6 Å². The lowest BCUT2D eigenvalue weighted by Gasteiger charge is -2.10. The molecule has 0 unspecified atom stereocenters. The van der Waals surface area contributed by atoms with Crippen molar-refractivity contribution < 1.29 is 9.59 Å². The number of benzene rings is 2. The molecule has 0 bridgehead atoms. The van der Waals surface area contributed by atoms with Gasteiger partial charge < -0.3 is 10.6 Å². The van der Waals surface area contributed by atoms with Crippen molar-refractivity contribution in [3.63, 3.8) is 0 Å². The fraction of sp³-hybridized carbons (Fsp3) is 0.150. The normalized spacial score (nSPS) is 13.4. The first-order valence-electron chi connectivity index (χ1n) is 8.27. The first-order valence-corrected chi connectivity index (χ1v) is 8.27. The highest BCUT2D eigenvalue weighted by Gasteiger charge is 2.29. The molecule has 4 rings (SSSR count). The third kappa shape index (κ3) is 3.35. The van der Waals surface area contributed by atoms with E-state index in [1.54, 1.807) is 24.4 Å². The van der Waals surface area contributed by atoms with Crippen molar-refractivity contribution in [3.05, 3.63) is 66.4 Å². The van der Waals surface area contributed by atoms with Gasteiger partial charge in [-0.05, 0) is 49.2 Å². The molecule has 0 spiro atoms. The molecule has 1 heterocycles. The van der Waals surface area contributed by atoms with Crippen LogP contribution in [0.4, 0.5) is 11.4 Å². The summed E-state index contributed by atoms with van der Waals surface area (Å²) in [5, 5.41) is 6.58. The second-order valence-corrected chi connectivity index (χ2v) is 6.17. The summed E-state index contributed by atoms with van der Waals surface area (Å²) in [4.78, 5) is 28.8. The molecule has 5 heteroatoms. The van der Waals surface area contributed by atoms with Gasteiger partial charge in [-0.2, -0.15) is 0 Å². The van der Waals surface area contributed by atoms with Crippen LogP contribution in [0, 0.1) is 5.92 Å². The monoisotopic (exact) mass is 331 g/mol. The van der Waals surface area contributed by atoms with Crippen molar-refractivity contribution in [2.75, 3.05) is 10.6 Å². The smallest absolute Gasteiger partial charge is 0.256 e. The van der Waals surface area contributed by atoms with Crippen molar-refractivity contribution in [2.24, 2.45) is 5.92 Å². The molecule has 0 aliphatic heterocycles. The zero-order chi connectivity index (χ0) is 17.2. The molecule has 1 aromatic heterocycles. The third-order valence-electron chi connectivity index (χ3n) is 4.23. The average Bonchev–Trinajstić information content (AvgIpc) is 3.47. The number of pyridine rings is 1. The summed E-state index contributed by atoms with van der Waals surface area (Å²) >= 11 is 0. The Morgan fingerprint density at radius 3 is 2.48 bits per heavy atom. The number of carbonyl (C=O) groups excluding carboxylic acids is 2. The largest absolute Gasteiger partial charge is 0.326 e. The van der Waals surface area contributed by atoms with E-state index in [9.17, 15) is 9.59 Å². The van der Waals surface area contributed by atoms with E-state index < -0.39 is 0 Å². The highest BCUT2D eigenvalue weighted by molar-refractivity contribution is 6.12. The molecule has 1 fully saturated rings. The summed E-state index contributed by atoms with van der Waals surface area (Å²) in [5.74, 6) is -0.0192. The molecule has 2 N–H and O–H groups in total. The predicted octanol–water partition coefficient (Wildman–Crippen LogP) is 3.84. The van der Waals surface area contributed by atoms with Crippen molar-refractivity contribution >= 4 is 34.1 Å². The fourth-order valence-corrected chi connectivity index (χ4v) is 2.76. The number of anilines is 2. The van der Waals surface area contributed by atoms with E-state index in [1.807, 2.05) is 36.4 Å². The average molecular weight is 331 g/mol. The molecule has 0 radical (unpaired) electrons. The van der Waals surface area contributed by atoms with Crippen LogP contribution in [0.2, 0.25) is 0 Å². The first-order chi connectivity index (χ1) is 12.2. The Balaban J connectivity index is 1.55. The quantitative estimate of drug-likeness (QED) is 0.763. The second-order valence-electron chi connectivity index (χ2n) is 6.17. The Morgan fingerprint density at radius 1 is 0.920 bits per heavy atom. The lowest BCUT2D eigenvalue weighted by Crippen LogP contribution is -2.15. The molecule has 25 heavy (non-hydrogen) atoms. The van der Waals surface area contributed by atoms with Crippen LogP contribution in [0.1, 0.15) is 23.2 Å². The Morgan fingerprint density at radius 2 is 1.68 bits per heavy atom. The minimum atomic E-state index is -0.204. The SMILES string of the molecule is O=C(Nc1cccc(NC(=O)C2CC2)c1)c1cccc2ncccc12. The molecule has 1 saturated carbocycles. The van der Waals surface area contributed by atoms with E-state index in [1.165, 1.54) is 0 Å². The number of nitrogens with one attached hydrogen (secondary N) is 2.